The Morgan fingerprint density at radius 2 is 2.08 bits per heavy atom. The van der Waals surface area contributed by atoms with Gasteiger partial charge >= 0.3 is 5.97 Å². The van der Waals surface area contributed by atoms with Gasteiger partial charge in [-0.15, -0.1) is 11.8 Å². The first-order valence-corrected chi connectivity index (χ1v) is 8.78. The third kappa shape index (κ3) is 3.33. The van der Waals surface area contributed by atoms with E-state index in [9.17, 15) is 9.59 Å². The quantitative estimate of drug-likeness (QED) is 0.796. The van der Waals surface area contributed by atoms with Gasteiger partial charge in [0.05, 0.1) is 6.26 Å². The molecule has 126 valence electrons. The van der Waals surface area contributed by atoms with E-state index in [0.717, 1.165) is 11.1 Å². The number of furan rings is 1. The second-order valence-corrected chi connectivity index (χ2v) is 6.79. The fourth-order valence-electron chi connectivity index (χ4n) is 2.74. The molecule has 0 aliphatic carbocycles. The van der Waals surface area contributed by atoms with E-state index in [-0.39, 0.29) is 23.9 Å². The molecule has 1 amide bonds. The summed E-state index contributed by atoms with van der Waals surface area (Å²) in [6.45, 7) is 3.65. The molecule has 2 aromatic rings. The van der Waals surface area contributed by atoms with Crippen LogP contribution in [0.25, 0.3) is 0 Å². The van der Waals surface area contributed by atoms with E-state index in [1.807, 2.05) is 37.3 Å². The Morgan fingerprint density at radius 1 is 1.29 bits per heavy atom. The minimum absolute atomic E-state index is 0.167. The Hall–Kier alpha value is -2.21. The van der Waals surface area contributed by atoms with Crippen molar-refractivity contribution in [2.24, 2.45) is 0 Å². The van der Waals surface area contributed by atoms with Crippen LogP contribution in [0.4, 0.5) is 0 Å². The fourth-order valence-corrected chi connectivity index (χ4v) is 4.16. The SMILES string of the molecule is CC(=O)N1[C@H](C(=O)OCc2ccccc2C)CS[C@H]1c1ccco1. The van der Waals surface area contributed by atoms with Gasteiger partial charge in [0, 0.05) is 12.7 Å². The van der Waals surface area contributed by atoms with Crippen LogP contribution < -0.4 is 0 Å². The van der Waals surface area contributed by atoms with Gasteiger partial charge in [-0.1, -0.05) is 24.3 Å². The van der Waals surface area contributed by atoms with E-state index in [2.05, 4.69) is 0 Å². The zero-order chi connectivity index (χ0) is 17.1. The highest BCUT2D eigenvalue weighted by Gasteiger charge is 2.43. The van der Waals surface area contributed by atoms with Crippen molar-refractivity contribution >= 4 is 23.6 Å². The molecule has 1 aliphatic heterocycles. The molecule has 1 saturated heterocycles. The number of benzene rings is 1. The van der Waals surface area contributed by atoms with Crippen LogP contribution >= 0.6 is 11.8 Å². The summed E-state index contributed by atoms with van der Waals surface area (Å²) in [7, 11) is 0. The Labute approximate surface area is 145 Å². The number of rotatable bonds is 4. The summed E-state index contributed by atoms with van der Waals surface area (Å²) < 4.78 is 10.9. The molecule has 0 bridgehead atoms. The lowest BCUT2D eigenvalue weighted by Gasteiger charge is -2.25. The molecule has 0 N–H and O–H groups in total. The normalized spacial score (nSPS) is 20.2. The lowest BCUT2D eigenvalue weighted by molar-refractivity contribution is -0.154. The zero-order valence-electron chi connectivity index (χ0n) is 13.6. The molecule has 24 heavy (non-hydrogen) atoms. The third-order valence-electron chi connectivity index (χ3n) is 4.05. The highest BCUT2D eigenvalue weighted by molar-refractivity contribution is 7.99. The van der Waals surface area contributed by atoms with Gasteiger partial charge in [-0.2, -0.15) is 0 Å². The molecule has 6 heteroatoms. The number of hydrogen-bond donors (Lipinski definition) is 0. The standard InChI is InChI=1S/C18H19NO4S/c1-12-6-3-4-7-14(12)10-23-18(21)15-11-24-17(19(15)13(2)20)16-8-5-9-22-16/h3-9,15,17H,10-11H2,1-2H3/t15-,17-/m0/s1. The molecule has 0 unspecified atom stereocenters. The molecule has 5 nitrogen and oxygen atoms in total. The molecular formula is C18H19NO4S. The highest BCUT2D eigenvalue weighted by Crippen LogP contribution is 2.41. The average Bonchev–Trinajstić information content (AvgIpc) is 3.22. The van der Waals surface area contributed by atoms with Crippen molar-refractivity contribution in [2.45, 2.75) is 31.9 Å². The first kappa shape index (κ1) is 16.6. The Balaban J connectivity index is 1.70. The topological polar surface area (TPSA) is 59.8 Å². The number of ether oxygens (including phenoxy) is 1. The van der Waals surface area contributed by atoms with Crippen molar-refractivity contribution in [1.29, 1.82) is 0 Å². The smallest absolute Gasteiger partial charge is 0.330 e. The van der Waals surface area contributed by atoms with E-state index in [0.29, 0.717) is 11.5 Å². The first-order chi connectivity index (χ1) is 11.6. The van der Waals surface area contributed by atoms with Crippen LogP contribution in [0.15, 0.2) is 47.1 Å². The highest BCUT2D eigenvalue weighted by atomic mass is 32.2. The minimum Gasteiger partial charge on any atom is -0.466 e. The van der Waals surface area contributed by atoms with E-state index in [1.165, 1.54) is 18.7 Å². The van der Waals surface area contributed by atoms with E-state index >= 15 is 0 Å². The molecule has 1 aromatic carbocycles. The van der Waals surface area contributed by atoms with Crippen LogP contribution in [0.5, 0.6) is 0 Å². The van der Waals surface area contributed by atoms with Gasteiger partial charge in [0.2, 0.25) is 5.91 Å². The predicted octanol–water partition coefficient (Wildman–Crippen LogP) is 3.29. The molecule has 0 radical (unpaired) electrons. The van der Waals surface area contributed by atoms with E-state index < -0.39 is 6.04 Å². The van der Waals surface area contributed by atoms with Crippen LogP contribution in [-0.4, -0.2) is 28.6 Å². The van der Waals surface area contributed by atoms with Gasteiger partial charge in [0.15, 0.2) is 0 Å². The van der Waals surface area contributed by atoms with Crippen molar-refractivity contribution in [2.75, 3.05) is 5.75 Å². The summed E-state index contributed by atoms with van der Waals surface area (Å²) in [6, 6.07) is 10.8. The molecule has 1 aliphatic rings. The van der Waals surface area contributed by atoms with Gasteiger partial charge in [-0.3, -0.25) is 4.79 Å². The van der Waals surface area contributed by atoms with Gasteiger partial charge < -0.3 is 14.1 Å². The summed E-state index contributed by atoms with van der Waals surface area (Å²) >= 11 is 1.51. The predicted molar refractivity (Wildman–Crippen MR) is 91.2 cm³/mol. The molecule has 3 rings (SSSR count). The fraction of sp³-hybridized carbons (Fsp3) is 0.333. The van der Waals surface area contributed by atoms with Crippen LogP contribution in [-0.2, 0) is 20.9 Å². The monoisotopic (exact) mass is 345 g/mol. The molecule has 2 atom stereocenters. The Kier molecular flexibility index (Phi) is 4.94. The van der Waals surface area contributed by atoms with Crippen molar-refractivity contribution in [1.82, 2.24) is 4.90 Å². The number of carbonyl (C=O) groups is 2. The molecule has 0 saturated carbocycles. The summed E-state index contributed by atoms with van der Waals surface area (Å²) in [4.78, 5) is 26.1. The van der Waals surface area contributed by atoms with Crippen LogP contribution in [0.2, 0.25) is 0 Å². The van der Waals surface area contributed by atoms with Crippen LogP contribution in [0, 0.1) is 6.92 Å². The molecule has 1 aromatic heterocycles. The van der Waals surface area contributed by atoms with Crippen LogP contribution in [0.3, 0.4) is 0 Å². The van der Waals surface area contributed by atoms with Gasteiger partial charge in [-0.25, -0.2) is 4.79 Å². The summed E-state index contributed by atoms with van der Waals surface area (Å²) in [5, 5.41) is -0.284. The Bertz CT molecular complexity index is 728. The maximum atomic E-state index is 12.5. The lowest BCUT2D eigenvalue weighted by atomic mass is 10.1. The largest absolute Gasteiger partial charge is 0.466 e. The van der Waals surface area contributed by atoms with E-state index in [1.54, 1.807) is 17.2 Å². The second kappa shape index (κ2) is 7.13. The van der Waals surface area contributed by atoms with Gasteiger partial charge in [0.1, 0.15) is 23.8 Å². The van der Waals surface area contributed by atoms with Crippen LogP contribution in [0.1, 0.15) is 29.2 Å². The maximum Gasteiger partial charge on any atom is 0.330 e. The molecule has 1 fully saturated rings. The number of hydrogen-bond acceptors (Lipinski definition) is 5. The molecule has 0 spiro atoms. The Morgan fingerprint density at radius 3 is 2.75 bits per heavy atom. The number of esters is 1. The summed E-state index contributed by atoms with van der Waals surface area (Å²) in [5.74, 6) is 0.621. The van der Waals surface area contributed by atoms with Crippen molar-refractivity contribution < 1.29 is 18.7 Å². The lowest BCUT2D eigenvalue weighted by Crippen LogP contribution is -2.42. The number of carbonyl (C=O) groups excluding carboxylic acids is 2. The van der Waals surface area contributed by atoms with Crippen molar-refractivity contribution in [3.8, 4) is 0 Å². The number of amides is 1. The van der Waals surface area contributed by atoms with Gasteiger partial charge in [-0.05, 0) is 30.2 Å². The molecular weight excluding hydrogens is 326 g/mol. The first-order valence-electron chi connectivity index (χ1n) is 7.73. The number of nitrogens with zero attached hydrogens (tertiary/aromatic N) is 1. The van der Waals surface area contributed by atoms with Crippen molar-refractivity contribution in [3.05, 3.63) is 59.5 Å². The summed E-state index contributed by atoms with van der Waals surface area (Å²) in [5.41, 5.74) is 2.04. The summed E-state index contributed by atoms with van der Waals surface area (Å²) in [6.07, 6.45) is 1.57. The third-order valence-corrected chi connectivity index (χ3v) is 5.34. The second-order valence-electron chi connectivity index (χ2n) is 5.68. The number of thioether (sulfide) groups is 1. The van der Waals surface area contributed by atoms with Gasteiger partial charge in [0.25, 0.3) is 0 Å². The zero-order valence-corrected chi connectivity index (χ0v) is 14.4. The average molecular weight is 345 g/mol. The number of aryl methyl sites for hydroxylation is 1. The van der Waals surface area contributed by atoms with E-state index in [4.69, 9.17) is 9.15 Å². The maximum absolute atomic E-state index is 12.5. The molecule has 2 heterocycles. The van der Waals surface area contributed by atoms with Crippen molar-refractivity contribution in [3.63, 3.8) is 0 Å². The minimum atomic E-state index is -0.591.